The van der Waals surface area contributed by atoms with Crippen molar-refractivity contribution in [3.8, 4) is 0 Å². The number of amides is 2. The smallest absolute Gasteiger partial charge is 0.278 e. The van der Waals surface area contributed by atoms with Crippen LogP contribution in [-0.4, -0.2) is 44.8 Å². The van der Waals surface area contributed by atoms with Crippen molar-refractivity contribution in [2.75, 3.05) is 17.7 Å². The zero-order chi connectivity index (χ0) is 22.7. The third kappa shape index (κ3) is 4.74. The van der Waals surface area contributed by atoms with Gasteiger partial charge in [0.05, 0.1) is 23.8 Å². The molecule has 0 saturated heterocycles. The summed E-state index contributed by atoms with van der Waals surface area (Å²) in [5.41, 5.74) is 1.46. The Labute approximate surface area is 185 Å². The molecule has 4 rings (SSSR count). The highest BCUT2D eigenvalue weighted by molar-refractivity contribution is 6.09. The fourth-order valence-electron chi connectivity index (χ4n) is 3.38. The van der Waals surface area contributed by atoms with Crippen LogP contribution in [0.25, 0.3) is 0 Å². The Morgan fingerprint density at radius 3 is 2.75 bits per heavy atom. The summed E-state index contributed by atoms with van der Waals surface area (Å²) < 4.78 is 1.41. The Kier molecular flexibility index (Phi) is 6.11. The van der Waals surface area contributed by atoms with Crippen molar-refractivity contribution >= 4 is 29.5 Å². The molecule has 1 atom stereocenters. The molecule has 1 aliphatic heterocycles. The number of hydrogen-bond acceptors (Lipinski definition) is 7. The van der Waals surface area contributed by atoms with E-state index in [1.54, 1.807) is 19.5 Å². The average Bonchev–Trinajstić information content (AvgIpc) is 3.55. The molecule has 10 heteroatoms. The van der Waals surface area contributed by atoms with Gasteiger partial charge in [-0.05, 0) is 37.3 Å². The fraction of sp³-hybridized carbons (Fsp3) is 0.364. The van der Waals surface area contributed by atoms with Gasteiger partial charge in [-0.1, -0.05) is 13.0 Å². The number of carbonyl (C=O) groups is 2. The molecule has 2 aromatic heterocycles. The summed E-state index contributed by atoms with van der Waals surface area (Å²) in [5.74, 6) is 0.658. The van der Waals surface area contributed by atoms with Crippen molar-refractivity contribution in [1.29, 1.82) is 0 Å². The topological polar surface area (TPSA) is 126 Å². The molecule has 2 amide bonds. The van der Waals surface area contributed by atoms with Crippen molar-refractivity contribution in [3.05, 3.63) is 53.5 Å². The second-order valence-electron chi connectivity index (χ2n) is 7.93. The van der Waals surface area contributed by atoms with Gasteiger partial charge in [-0.2, -0.15) is 5.10 Å². The lowest BCUT2D eigenvalue weighted by Gasteiger charge is -2.14. The first-order chi connectivity index (χ1) is 15.5. The standard InChI is InChI=1S/C22H26N8O2/c1-13-6-4-5-9-24-17(10-13)29-20-18(27-15(11-25-20)14-7-8-14)21(31)28-16-12-26-30(3)19(16)22(32)23-2/h4-5,9-14H,6-8H2,1-3H3,(H,23,32)(H,25,29)(H,28,31). The molecule has 166 valence electrons. The van der Waals surface area contributed by atoms with Crippen LogP contribution in [0.5, 0.6) is 0 Å². The van der Waals surface area contributed by atoms with Crippen LogP contribution in [0.15, 0.2) is 41.4 Å². The van der Waals surface area contributed by atoms with Crippen molar-refractivity contribution in [2.45, 2.75) is 32.1 Å². The molecule has 32 heavy (non-hydrogen) atoms. The number of hydrogen-bond donors (Lipinski definition) is 3. The first-order valence-corrected chi connectivity index (χ1v) is 10.6. The zero-order valence-electron chi connectivity index (χ0n) is 18.3. The number of anilines is 2. The Balaban J connectivity index is 1.66. The number of aromatic nitrogens is 4. The van der Waals surface area contributed by atoms with E-state index in [2.05, 4.69) is 49.0 Å². The maximum Gasteiger partial charge on any atom is 0.278 e. The van der Waals surface area contributed by atoms with Crippen LogP contribution in [0.4, 0.5) is 11.5 Å². The Hall–Kier alpha value is -3.82. The molecule has 3 N–H and O–H groups in total. The first kappa shape index (κ1) is 21.4. The van der Waals surface area contributed by atoms with Crippen LogP contribution < -0.4 is 16.0 Å². The van der Waals surface area contributed by atoms with E-state index < -0.39 is 5.91 Å². The fourth-order valence-corrected chi connectivity index (χ4v) is 3.38. The molecule has 0 bridgehead atoms. The van der Waals surface area contributed by atoms with E-state index in [0.717, 1.165) is 25.0 Å². The molecule has 0 aromatic carbocycles. The van der Waals surface area contributed by atoms with E-state index >= 15 is 0 Å². The Morgan fingerprint density at radius 2 is 2.00 bits per heavy atom. The second kappa shape index (κ2) is 9.13. The van der Waals surface area contributed by atoms with Gasteiger partial charge in [0.15, 0.2) is 11.5 Å². The maximum absolute atomic E-state index is 13.2. The van der Waals surface area contributed by atoms with Crippen molar-refractivity contribution in [3.63, 3.8) is 0 Å². The lowest BCUT2D eigenvalue weighted by molar-refractivity contribution is 0.0954. The molecule has 1 saturated carbocycles. The van der Waals surface area contributed by atoms with Crippen molar-refractivity contribution in [1.82, 2.24) is 25.1 Å². The van der Waals surface area contributed by atoms with Gasteiger partial charge in [0.2, 0.25) is 0 Å². The van der Waals surface area contributed by atoms with E-state index in [9.17, 15) is 9.59 Å². The minimum absolute atomic E-state index is 0.141. The van der Waals surface area contributed by atoms with Gasteiger partial charge < -0.3 is 16.0 Å². The number of nitrogens with one attached hydrogen (secondary N) is 3. The molecule has 1 aliphatic carbocycles. The Bertz CT molecular complexity index is 1130. The van der Waals surface area contributed by atoms with Gasteiger partial charge >= 0.3 is 0 Å². The minimum atomic E-state index is -0.482. The lowest BCUT2D eigenvalue weighted by atomic mass is 10.1. The summed E-state index contributed by atoms with van der Waals surface area (Å²) in [6, 6.07) is 0. The van der Waals surface area contributed by atoms with Crippen LogP contribution in [0.2, 0.25) is 0 Å². The molecule has 1 unspecified atom stereocenters. The second-order valence-corrected chi connectivity index (χ2v) is 7.93. The molecule has 2 aliphatic rings. The third-order valence-corrected chi connectivity index (χ3v) is 5.26. The molecular formula is C22H26N8O2. The largest absolute Gasteiger partial charge is 0.354 e. The minimum Gasteiger partial charge on any atom is -0.354 e. The number of aryl methyl sites for hydroxylation is 1. The molecular weight excluding hydrogens is 408 g/mol. The molecule has 2 aromatic rings. The van der Waals surface area contributed by atoms with Gasteiger partial charge in [-0.15, -0.1) is 0 Å². The first-order valence-electron chi connectivity index (χ1n) is 10.6. The summed E-state index contributed by atoms with van der Waals surface area (Å²) in [4.78, 5) is 39.0. The number of aliphatic imine (C=N–C) groups is 1. The summed E-state index contributed by atoms with van der Waals surface area (Å²) in [5, 5.41) is 12.6. The SMILES string of the molecule is CNC(=O)c1c(NC(=O)c2nc(C3CC3)cnc2NC2=CC(C)CC=CC=N2)cnn1C. The van der Waals surface area contributed by atoms with Crippen LogP contribution in [0.1, 0.15) is 58.8 Å². The molecule has 3 heterocycles. The van der Waals surface area contributed by atoms with Gasteiger partial charge in [0.1, 0.15) is 11.5 Å². The van der Waals surface area contributed by atoms with Gasteiger partial charge in [-0.25, -0.2) is 15.0 Å². The van der Waals surface area contributed by atoms with Crippen molar-refractivity contribution < 1.29 is 9.59 Å². The predicted octanol–water partition coefficient (Wildman–Crippen LogP) is 2.62. The summed E-state index contributed by atoms with van der Waals surface area (Å²) >= 11 is 0. The quantitative estimate of drug-likeness (QED) is 0.642. The summed E-state index contributed by atoms with van der Waals surface area (Å²) in [7, 11) is 3.16. The average molecular weight is 435 g/mol. The number of allylic oxidation sites excluding steroid dienone is 3. The third-order valence-electron chi connectivity index (χ3n) is 5.26. The normalized spacial score (nSPS) is 17.8. The molecule has 0 spiro atoms. The van der Waals surface area contributed by atoms with Gasteiger partial charge in [0, 0.05) is 26.2 Å². The van der Waals surface area contributed by atoms with E-state index in [1.807, 2.05) is 12.2 Å². The number of nitrogens with zero attached hydrogens (tertiary/aromatic N) is 5. The lowest BCUT2D eigenvalue weighted by Crippen LogP contribution is -2.24. The monoisotopic (exact) mass is 434 g/mol. The predicted molar refractivity (Wildman–Crippen MR) is 122 cm³/mol. The van der Waals surface area contributed by atoms with E-state index in [1.165, 1.54) is 17.9 Å². The van der Waals surface area contributed by atoms with Crippen molar-refractivity contribution in [2.24, 2.45) is 18.0 Å². The van der Waals surface area contributed by atoms with Crippen LogP contribution in [0, 0.1) is 5.92 Å². The van der Waals surface area contributed by atoms with Gasteiger partial charge in [-0.3, -0.25) is 14.3 Å². The summed E-state index contributed by atoms with van der Waals surface area (Å²) in [6.45, 7) is 2.09. The molecule has 10 nitrogen and oxygen atoms in total. The highest BCUT2D eigenvalue weighted by Crippen LogP contribution is 2.39. The van der Waals surface area contributed by atoms with E-state index in [-0.39, 0.29) is 23.2 Å². The highest BCUT2D eigenvalue weighted by Gasteiger charge is 2.28. The Morgan fingerprint density at radius 1 is 1.19 bits per heavy atom. The van der Waals surface area contributed by atoms with Crippen LogP contribution in [-0.2, 0) is 7.05 Å². The van der Waals surface area contributed by atoms with Gasteiger partial charge in [0.25, 0.3) is 11.8 Å². The van der Waals surface area contributed by atoms with Crippen LogP contribution in [0.3, 0.4) is 0 Å². The zero-order valence-corrected chi connectivity index (χ0v) is 18.3. The highest BCUT2D eigenvalue weighted by atomic mass is 16.2. The number of carbonyl (C=O) groups excluding carboxylic acids is 2. The molecule has 0 radical (unpaired) electrons. The van der Waals surface area contributed by atoms with E-state index in [4.69, 9.17) is 0 Å². The maximum atomic E-state index is 13.2. The number of rotatable bonds is 6. The van der Waals surface area contributed by atoms with Crippen LogP contribution >= 0.6 is 0 Å². The molecule has 1 fully saturated rings. The van der Waals surface area contributed by atoms with E-state index in [0.29, 0.717) is 23.2 Å². The summed E-state index contributed by atoms with van der Waals surface area (Å²) in [6.07, 6.45) is 13.7.